The molecule has 0 aliphatic heterocycles. The molecule has 0 N–H and O–H groups in total. The number of rotatable bonds is 8. The molecule has 4 heterocycles. The van der Waals surface area contributed by atoms with Gasteiger partial charge in [0.15, 0.2) is 0 Å². The van der Waals surface area contributed by atoms with Crippen molar-refractivity contribution >= 4 is 89.6 Å². The predicted octanol–water partition coefficient (Wildman–Crippen LogP) is 20.4. The summed E-state index contributed by atoms with van der Waals surface area (Å²) in [5.41, 5.74) is 16.8. The first-order chi connectivity index (χ1) is 34.2. The second kappa shape index (κ2) is 17.1. The summed E-state index contributed by atoms with van der Waals surface area (Å²) in [5, 5.41) is 4.54. The van der Waals surface area contributed by atoms with Crippen LogP contribution in [0.2, 0.25) is 5.02 Å². The summed E-state index contributed by atoms with van der Waals surface area (Å²) >= 11 is 8.26. The largest absolute Gasteiger partial charge is 0.462 e. The molecule has 362 valence electrons. The van der Waals surface area contributed by atoms with Gasteiger partial charge >= 0.3 is 0 Å². The number of furan rings is 4. The first kappa shape index (κ1) is 46.9. The summed E-state index contributed by atoms with van der Waals surface area (Å²) < 4.78 is 26.3. The fourth-order valence-electron chi connectivity index (χ4n) is 10.2. The number of anilines is 6. The van der Waals surface area contributed by atoms with Crippen LogP contribution in [-0.4, -0.2) is 0 Å². The van der Waals surface area contributed by atoms with E-state index in [1.165, 1.54) is 16.7 Å². The zero-order chi connectivity index (χ0) is 50.6. The molecular formula is C65H61ClN2O4. The van der Waals surface area contributed by atoms with Gasteiger partial charge in [0, 0.05) is 38.4 Å². The van der Waals surface area contributed by atoms with Crippen molar-refractivity contribution in [2.75, 3.05) is 9.80 Å². The number of fused-ring (bicyclic) bond motifs is 4. The Morgan fingerprint density at radius 2 is 0.861 bits per heavy atom. The quantitative estimate of drug-likeness (QED) is 0.151. The van der Waals surface area contributed by atoms with Crippen molar-refractivity contribution in [3.05, 3.63) is 190 Å². The first-order valence-corrected chi connectivity index (χ1v) is 25.3. The maximum atomic E-state index is 8.26. The molecule has 0 spiro atoms. The minimum Gasteiger partial charge on any atom is -0.462 e. The van der Waals surface area contributed by atoms with Crippen LogP contribution in [0.3, 0.4) is 0 Å². The Labute approximate surface area is 427 Å². The smallest absolute Gasteiger partial charge is 0.136 e. The SMILES string of the molecule is Cc1cc(N(c2cc(-c3cc4ccccc4o3)cc(-c3cc4ccccc4o3)c2)c2coc3ccc(C(C)(C)C)cc23)c(Cl)c(N(c2c(C)cc(C(C)(C)C)cc2C)c2coc3ccc(C(C)(C)C)cc23)c1. The lowest BCUT2D eigenvalue weighted by molar-refractivity contribution is 0.588. The van der Waals surface area contributed by atoms with Crippen LogP contribution in [0.4, 0.5) is 34.1 Å². The maximum Gasteiger partial charge on any atom is 0.136 e. The van der Waals surface area contributed by atoms with Crippen LogP contribution >= 0.6 is 11.6 Å². The number of hydrogen-bond acceptors (Lipinski definition) is 6. The third-order valence-electron chi connectivity index (χ3n) is 14.2. The Kier molecular flexibility index (Phi) is 11.2. The molecule has 7 heteroatoms. The van der Waals surface area contributed by atoms with E-state index in [4.69, 9.17) is 29.3 Å². The summed E-state index contributed by atoms with van der Waals surface area (Å²) in [7, 11) is 0. The van der Waals surface area contributed by atoms with E-state index in [2.05, 4.69) is 196 Å². The number of hydrogen-bond donors (Lipinski definition) is 0. The molecular weight excluding hydrogens is 908 g/mol. The highest BCUT2D eigenvalue weighted by molar-refractivity contribution is 6.37. The molecule has 0 saturated carbocycles. The van der Waals surface area contributed by atoms with Crippen molar-refractivity contribution < 1.29 is 17.7 Å². The molecule has 0 aliphatic carbocycles. The molecule has 0 aliphatic rings. The van der Waals surface area contributed by atoms with E-state index in [9.17, 15) is 0 Å². The lowest BCUT2D eigenvalue weighted by atomic mass is 9.84. The molecule has 0 radical (unpaired) electrons. The summed E-state index contributed by atoms with van der Waals surface area (Å²) in [6, 6.07) is 49.0. The van der Waals surface area contributed by atoms with Gasteiger partial charge < -0.3 is 27.5 Å². The number of para-hydroxylation sites is 2. The van der Waals surface area contributed by atoms with Crippen molar-refractivity contribution in [2.24, 2.45) is 0 Å². The summed E-state index contributed by atoms with van der Waals surface area (Å²) in [5.74, 6) is 1.46. The highest BCUT2D eigenvalue weighted by Crippen LogP contribution is 2.53. The van der Waals surface area contributed by atoms with Crippen molar-refractivity contribution in [1.29, 1.82) is 0 Å². The summed E-state index contributed by atoms with van der Waals surface area (Å²) in [6.45, 7) is 26.8. The van der Waals surface area contributed by atoms with E-state index in [1.54, 1.807) is 0 Å². The normalized spacial score (nSPS) is 12.5. The Bertz CT molecular complexity index is 3710. The molecule has 6 nitrogen and oxygen atoms in total. The zero-order valence-electron chi connectivity index (χ0n) is 43.3. The van der Waals surface area contributed by atoms with Gasteiger partial charge in [0.05, 0.1) is 33.5 Å². The molecule has 0 unspecified atom stereocenters. The standard InChI is InChI=1S/C65H61ClN2O4/c1-38-25-51(61(66)52(26-38)68(62-39(2)27-47(28-40(62)3)65(10,11)12)54-37-70-58-24-22-46(35-50(54)58)64(7,8)9)67(53-36-69-57-23-21-45(34-49(53)57)63(4,5)6)48-30-43(59-32-41-17-13-15-19-55(41)71-59)29-44(31-48)60-33-42-18-14-16-20-56(42)72-60/h13-37H,1-12H3. The van der Waals surface area contributed by atoms with Crippen LogP contribution in [0.1, 0.15) is 95.7 Å². The number of halogens is 1. The highest BCUT2D eigenvalue weighted by atomic mass is 35.5. The number of benzene rings is 7. The predicted molar refractivity (Wildman–Crippen MR) is 301 cm³/mol. The number of aryl methyl sites for hydroxylation is 3. The van der Waals surface area contributed by atoms with Gasteiger partial charge in [0.1, 0.15) is 46.4 Å². The second-order valence-corrected chi connectivity index (χ2v) is 23.1. The van der Waals surface area contributed by atoms with Gasteiger partial charge in [-0.1, -0.05) is 135 Å². The van der Waals surface area contributed by atoms with Gasteiger partial charge in [0.2, 0.25) is 0 Å². The Morgan fingerprint density at radius 3 is 1.32 bits per heavy atom. The minimum absolute atomic E-state index is 0.0597. The molecule has 72 heavy (non-hydrogen) atoms. The third kappa shape index (κ3) is 8.35. The lowest BCUT2D eigenvalue weighted by Gasteiger charge is -2.33. The van der Waals surface area contributed by atoms with E-state index in [1.807, 2.05) is 48.9 Å². The van der Waals surface area contributed by atoms with Crippen LogP contribution in [-0.2, 0) is 16.2 Å². The Hall–Kier alpha value is -7.41. The summed E-state index contributed by atoms with van der Waals surface area (Å²) in [4.78, 5) is 4.57. The second-order valence-electron chi connectivity index (χ2n) is 22.7. The Morgan fingerprint density at radius 1 is 0.417 bits per heavy atom. The zero-order valence-corrected chi connectivity index (χ0v) is 44.1. The van der Waals surface area contributed by atoms with Crippen LogP contribution in [0.5, 0.6) is 0 Å². The van der Waals surface area contributed by atoms with Crippen LogP contribution < -0.4 is 9.80 Å². The lowest BCUT2D eigenvalue weighted by Crippen LogP contribution is -2.18. The average Bonchev–Trinajstić information content (AvgIpc) is 4.15. The molecule has 11 rings (SSSR count). The molecule has 0 atom stereocenters. The molecule has 0 amide bonds. The fourth-order valence-corrected chi connectivity index (χ4v) is 10.4. The van der Waals surface area contributed by atoms with Crippen molar-refractivity contribution in [3.63, 3.8) is 0 Å². The fraction of sp³-hybridized carbons (Fsp3) is 0.231. The Balaban J connectivity index is 1.22. The van der Waals surface area contributed by atoms with Gasteiger partial charge in [-0.2, -0.15) is 0 Å². The van der Waals surface area contributed by atoms with Crippen LogP contribution in [0.25, 0.3) is 66.5 Å². The molecule has 11 aromatic rings. The third-order valence-corrected chi connectivity index (χ3v) is 14.5. The van der Waals surface area contributed by atoms with Gasteiger partial charge in [-0.15, -0.1) is 0 Å². The number of nitrogens with zero attached hydrogens (tertiary/aromatic N) is 2. The molecule has 0 fully saturated rings. The van der Waals surface area contributed by atoms with Gasteiger partial charge in [-0.05, 0) is 149 Å². The first-order valence-electron chi connectivity index (χ1n) is 24.9. The topological polar surface area (TPSA) is 59.0 Å². The monoisotopic (exact) mass is 968 g/mol. The molecule has 7 aromatic carbocycles. The van der Waals surface area contributed by atoms with E-state index >= 15 is 0 Å². The van der Waals surface area contributed by atoms with Crippen LogP contribution in [0.15, 0.2) is 170 Å². The van der Waals surface area contributed by atoms with Gasteiger partial charge in [-0.3, -0.25) is 0 Å². The molecule has 0 saturated heterocycles. The van der Waals surface area contributed by atoms with Gasteiger partial charge in [0.25, 0.3) is 0 Å². The van der Waals surface area contributed by atoms with Crippen LogP contribution in [0, 0.1) is 20.8 Å². The van der Waals surface area contributed by atoms with E-state index in [0.717, 1.165) is 117 Å². The molecule has 0 bridgehead atoms. The summed E-state index contributed by atoms with van der Waals surface area (Å²) in [6.07, 6.45) is 3.75. The minimum atomic E-state index is -0.129. The van der Waals surface area contributed by atoms with Crippen molar-refractivity contribution in [1.82, 2.24) is 0 Å². The van der Waals surface area contributed by atoms with E-state index in [0.29, 0.717) is 5.02 Å². The average molecular weight is 970 g/mol. The van der Waals surface area contributed by atoms with Crippen molar-refractivity contribution in [3.8, 4) is 22.6 Å². The highest BCUT2D eigenvalue weighted by Gasteiger charge is 2.31. The van der Waals surface area contributed by atoms with E-state index < -0.39 is 0 Å². The molecule has 4 aromatic heterocycles. The van der Waals surface area contributed by atoms with E-state index in [-0.39, 0.29) is 16.2 Å². The maximum absolute atomic E-state index is 8.26. The van der Waals surface area contributed by atoms with Gasteiger partial charge in [-0.25, -0.2) is 0 Å². The van der Waals surface area contributed by atoms with Crippen molar-refractivity contribution in [2.45, 2.75) is 99.3 Å².